The van der Waals surface area contributed by atoms with E-state index in [0.717, 1.165) is 12.8 Å². The molecule has 1 saturated carbocycles. The third kappa shape index (κ3) is 1.59. The summed E-state index contributed by atoms with van der Waals surface area (Å²) in [6.07, 6.45) is -0.497. The highest BCUT2D eigenvalue weighted by Crippen LogP contribution is 2.30. The lowest BCUT2D eigenvalue weighted by atomic mass is 9.82. The Morgan fingerprint density at radius 2 is 1.77 bits per heavy atom. The van der Waals surface area contributed by atoms with Crippen molar-refractivity contribution in [2.45, 2.75) is 43.7 Å². The molecule has 0 radical (unpaired) electrons. The molecule has 1 aliphatic carbocycles. The average molecular weight is 188 g/mol. The van der Waals surface area contributed by atoms with Gasteiger partial charge in [0.25, 0.3) is 0 Å². The van der Waals surface area contributed by atoms with Crippen LogP contribution in [0.5, 0.6) is 0 Å². The zero-order valence-corrected chi connectivity index (χ0v) is 7.47. The average Bonchev–Trinajstić information content (AvgIpc) is 2.08. The minimum atomic E-state index is -0.922. The summed E-state index contributed by atoms with van der Waals surface area (Å²) >= 11 is 0. The number of aliphatic hydroxyl groups excluding tert-OH is 3. The monoisotopic (exact) mass is 188 g/mol. The Bertz CT molecular complexity index is 182. The Morgan fingerprint density at radius 3 is 2.54 bits per heavy atom. The summed E-state index contributed by atoms with van der Waals surface area (Å²) in [5.41, 5.74) is 0. The van der Waals surface area contributed by atoms with E-state index in [1.807, 2.05) is 0 Å². The highest BCUT2D eigenvalue weighted by molar-refractivity contribution is 4.92. The maximum absolute atomic E-state index is 9.65. The van der Waals surface area contributed by atoms with E-state index in [-0.39, 0.29) is 5.92 Å². The fourth-order valence-electron chi connectivity index (χ4n) is 2.25. The van der Waals surface area contributed by atoms with Crippen molar-refractivity contribution in [3.05, 3.63) is 0 Å². The Labute approximate surface area is 77.1 Å². The first-order chi connectivity index (χ1) is 6.20. The zero-order chi connectivity index (χ0) is 9.42. The fraction of sp³-hybridized carbons (Fsp3) is 1.00. The van der Waals surface area contributed by atoms with Crippen molar-refractivity contribution in [1.29, 1.82) is 0 Å². The lowest BCUT2D eigenvalue weighted by molar-refractivity contribution is -0.203. The summed E-state index contributed by atoms with van der Waals surface area (Å²) in [4.78, 5) is 0. The van der Waals surface area contributed by atoms with Crippen molar-refractivity contribution in [2.75, 3.05) is 6.61 Å². The molecule has 3 fully saturated rings. The first kappa shape index (κ1) is 9.40. The molecule has 0 aromatic carbocycles. The second-order valence-electron chi connectivity index (χ2n) is 4.04. The molecule has 2 aliphatic heterocycles. The van der Waals surface area contributed by atoms with Crippen LogP contribution in [0.25, 0.3) is 0 Å². The third-order valence-electron chi connectivity index (χ3n) is 3.13. The smallest absolute Gasteiger partial charge is 0.112 e. The Balaban J connectivity index is 2.15. The van der Waals surface area contributed by atoms with Gasteiger partial charge < -0.3 is 20.1 Å². The van der Waals surface area contributed by atoms with Gasteiger partial charge in [-0.1, -0.05) is 6.42 Å². The van der Waals surface area contributed by atoms with Gasteiger partial charge in [0.15, 0.2) is 0 Å². The topological polar surface area (TPSA) is 69.9 Å². The van der Waals surface area contributed by atoms with Crippen LogP contribution in [0.3, 0.4) is 0 Å². The van der Waals surface area contributed by atoms with E-state index < -0.39 is 24.4 Å². The summed E-state index contributed by atoms with van der Waals surface area (Å²) in [5, 5.41) is 28.8. The van der Waals surface area contributed by atoms with E-state index in [1.165, 1.54) is 0 Å². The van der Waals surface area contributed by atoms with Crippen LogP contribution in [0.15, 0.2) is 0 Å². The van der Waals surface area contributed by atoms with Gasteiger partial charge in [0.1, 0.15) is 12.2 Å². The maximum Gasteiger partial charge on any atom is 0.112 e. The number of hydrogen-bond acceptors (Lipinski definition) is 4. The molecule has 4 heteroatoms. The molecule has 0 aromatic heterocycles. The molecule has 3 aliphatic rings. The van der Waals surface area contributed by atoms with Crippen LogP contribution < -0.4 is 0 Å². The number of rotatable bonds is 0. The molecule has 13 heavy (non-hydrogen) atoms. The molecule has 3 rings (SSSR count). The molecule has 0 amide bonds. The van der Waals surface area contributed by atoms with Gasteiger partial charge in [-0.25, -0.2) is 0 Å². The molecule has 4 nitrogen and oxygen atoms in total. The SMILES string of the molecule is OC1CCCC2COC1C(O)C2O. The van der Waals surface area contributed by atoms with Crippen molar-refractivity contribution >= 4 is 0 Å². The predicted molar refractivity (Wildman–Crippen MR) is 45.1 cm³/mol. The molecule has 76 valence electrons. The zero-order valence-electron chi connectivity index (χ0n) is 7.47. The summed E-state index contributed by atoms with van der Waals surface area (Å²) < 4.78 is 5.32. The minimum absolute atomic E-state index is 0.0405. The summed E-state index contributed by atoms with van der Waals surface area (Å²) in [6, 6.07) is 0. The van der Waals surface area contributed by atoms with E-state index in [4.69, 9.17) is 4.74 Å². The van der Waals surface area contributed by atoms with Gasteiger partial charge in [0.05, 0.1) is 18.8 Å². The van der Waals surface area contributed by atoms with Crippen molar-refractivity contribution < 1.29 is 20.1 Å². The molecule has 5 atom stereocenters. The van der Waals surface area contributed by atoms with Crippen molar-refractivity contribution in [3.63, 3.8) is 0 Å². The second kappa shape index (κ2) is 3.53. The van der Waals surface area contributed by atoms with Crippen molar-refractivity contribution in [1.82, 2.24) is 0 Å². The molecule has 3 N–H and O–H groups in total. The first-order valence-electron chi connectivity index (χ1n) is 4.86. The van der Waals surface area contributed by atoms with Crippen LogP contribution in [0, 0.1) is 5.92 Å². The van der Waals surface area contributed by atoms with Gasteiger partial charge in [0.2, 0.25) is 0 Å². The van der Waals surface area contributed by atoms with Gasteiger partial charge in [-0.3, -0.25) is 0 Å². The molecular weight excluding hydrogens is 172 g/mol. The van der Waals surface area contributed by atoms with Crippen molar-refractivity contribution in [2.24, 2.45) is 5.92 Å². The van der Waals surface area contributed by atoms with E-state index in [1.54, 1.807) is 0 Å². The summed E-state index contributed by atoms with van der Waals surface area (Å²) in [5.74, 6) is 0.0405. The Kier molecular flexibility index (Phi) is 2.55. The Hall–Kier alpha value is -0.160. The predicted octanol–water partition coefficient (Wildman–Crippen LogP) is -0.732. The molecule has 0 spiro atoms. The van der Waals surface area contributed by atoms with Crippen LogP contribution in [-0.2, 0) is 4.74 Å². The fourth-order valence-corrected chi connectivity index (χ4v) is 2.25. The van der Waals surface area contributed by atoms with Crippen molar-refractivity contribution in [3.8, 4) is 0 Å². The summed E-state index contributed by atoms with van der Waals surface area (Å²) in [7, 11) is 0. The van der Waals surface area contributed by atoms with Crippen LogP contribution in [-0.4, -0.2) is 46.3 Å². The maximum atomic E-state index is 9.65. The standard InChI is InChI=1S/C9H16O4/c10-6-3-1-2-5-4-13-9(6)8(12)7(5)11/h5-12H,1-4H2. The van der Waals surface area contributed by atoms with Crippen LogP contribution in [0.4, 0.5) is 0 Å². The molecule has 0 aromatic rings. The lowest BCUT2D eigenvalue weighted by Gasteiger charge is -2.42. The number of fused-ring (bicyclic) bond motifs is 5. The van der Waals surface area contributed by atoms with Crippen LogP contribution in [0.1, 0.15) is 19.3 Å². The van der Waals surface area contributed by atoms with Crippen LogP contribution >= 0.6 is 0 Å². The lowest BCUT2D eigenvalue weighted by Crippen LogP contribution is -2.55. The van der Waals surface area contributed by atoms with E-state index >= 15 is 0 Å². The van der Waals surface area contributed by atoms with Gasteiger partial charge in [-0.05, 0) is 12.8 Å². The highest BCUT2D eigenvalue weighted by Gasteiger charge is 2.42. The Morgan fingerprint density at radius 1 is 1.00 bits per heavy atom. The van der Waals surface area contributed by atoms with E-state index in [2.05, 4.69) is 0 Å². The molecule has 2 heterocycles. The number of ether oxygens (including phenoxy) is 1. The molecular formula is C9H16O4. The molecule has 5 unspecified atom stereocenters. The second-order valence-corrected chi connectivity index (χ2v) is 4.04. The minimum Gasteiger partial charge on any atom is -0.390 e. The molecule has 2 bridgehead atoms. The molecule has 2 saturated heterocycles. The van der Waals surface area contributed by atoms with Gasteiger partial charge in [-0.2, -0.15) is 0 Å². The summed E-state index contributed by atoms with van der Waals surface area (Å²) in [6.45, 7) is 0.458. The van der Waals surface area contributed by atoms with E-state index in [9.17, 15) is 15.3 Å². The highest BCUT2D eigenvalue weighted by atomic mass is 16.5. The number of hydrogen-bond donors (Lipinski definition) is 3. The number of aliphatic hydroxyl groups is 3. The van der Waals surface area contributed by atoms with E-state index in [0.29, 0.717) is 13.0 Å². The van der Waals surface area contributed by atoms with Gasteiger partial charge in [-0.15, -0.1) is 0 Å². The third-order valence-corrected chi connectivity index (χ3v) is 3.13. The van der Waals surface area contributed by atoms with Crippen LogP contribution in [0.2, 0.25) is 0 Å². The van der Waals surface area contributed by atoms with Gasteiger partial charge >= 0.3 is 0 Å². The normalized spacial score (nSPS) is 51.5. The quantitative estimate of drug-likeness (QED) is 0.468. The van der Waals surface area contributed by atoms with Gasteiger partial charge in [0, 0.05) is 5.92 Å². The first-order valence-corrected chi connectivity index (χ1v) is 4.86. The largest absolute Gasteiger partial charge is 0.390 e.